The summed E-state index contributed by atoms with van der Waals surface area (Å²) in [5, 5.41) is 2.69. The Bertz CT molecular complexity index is 937. The minimum absolute atomic E-state index is 0.00179. The van der Waals surface area contributed by atoms with Crippen LogP contribution < -0.4 is 5.32 Å². The van der Waals surface area contributed by atoms with Crippen molar-refractivity contribution in [3.8, 4) is 0 Å². The number of amides is 2. The second-order valence-electron chi connectivity index (χ2n) is 5.44. The Morgan fingerprint density at radius 2 is 1.72 bits per heavy atom. The van der Waals surface area contributed by atoms with Crippen molar-refractivity contribution in [1.29, 1.82) is 0 Å². The lowest BCUT2D eigenvalue weighted by Crippen LogP contribution is -2.30. The lowest BCUT2D eigenvalue weighted by molar-refractivity contribution is -0.116. The molecule has 7 heteroatoms. The average molecular weight is 356 g/mol. The molecule has 0 saturated heterocycles. The molecule has 25 heavy (non-hydrogen) atoms. The zero-order chi connectivity index (χ0) is 17.9. The first kappa shape index (κ1) is 16.9. The molecule has 128 valence electrons. The third-order valence-electron chi connectivity index (χ3n) is 3.76. The van der Waals surface area contributed by atoms with Crippen molar-refractivity contribution >= 4 is 21.8 Å². The number of sulfonamides is 1. The highest BCUT2D eigenvalue weighted by Crippen LogP contribution is 2.29. The summed E-state index contributed by atoms with van der Waals surface area (Å²) in [6.07, 6.45) is 2.59. The van der Waals surface area contributed by atoms with Gasteiger partial charge in [0, 0.05) is 12.6 Å². The topological polar surface area (TPSA) is 83.6 Å². The van der Waals surface area contributed by atoms with Crippen LogP contribution in [0.15, 0.2) is 71.6 Å². The van der Waals surface area contributed by atoms with Gasteiger partial charge < -0.3 is 5.32 Å². The molecular formula is C18H16N2O4S. The number of fused-ring (bicyclic) bond motifs is 1. The van der Waals surface area contributed by atoms with E-state index >= 15 is 0 Å². The van der Waals surface area contributed by atoms with E-state index in [-0.39, 0.29) is 22.9 Å². The maximum Gasteiger partial charge on any atom is 0.269 e. The number of nitrogens with one attached hydrogen (secondary N) is 1. The fourth-order valence-corrected chi connectivity index (χ4v) is 4.03. The Hall–Kier alpha value is -2.93. The van der Waals surface area contributed by atoms with E-state index in [4.69, 9.17) is 0 Å². The van der Waals surface area contributed by atoms with Gasteiger partial charge in [-0.3, -0.25) is 9.59 Å². The maximum atomic E-state index is 12.4. The summed E-state index contributed by atoms with van der Waals surface area (Å²) in [6.45, 7) is 0.186. The molecule has 2 aromatic carbocycles. The zero-order valence-corrected chi connectivity index (χ0v) is 14.1. The molecule has 0 unspecified atom stereocenters. The van der Waals surface area contributed by atoms with Crippen LogP contribution in [0.3, 0.4) is 0 Å². The molecule has 2 amide bonds. The van der Waals surface area contributed by atoms with Crippen molar-refractivity contribution in [3.63, 3.8) is 0 Å². The van der Waals surface area contributed by atoms with Gasteiger partial charge in [0.1, 0.15) is 4.90 Å². The van der Waals surface area contributed by atoms with Gasteiger partial charge in [-0.2, -0.15) is 0 Å². The quantitative estimate of drug-likeness (QED) is 0.827. The van der Waals surface area contributed by atoms with Gasteiger partial charge >= 0.3 is 0 Å². The molecule has 1 aliphatic heterocycles. The number of carbonyl (C=O) groups is 2. The Labute approximate surface area is 145 Å². The van der Waals surface area contributed by atoms with E-state index in [0.29, 0.717) is 6.54 Å². The van der Waals surface area contributed by atoms with E-state index in [9.17, 15) is 18.0 Å². The van der Waals surface area contributed by atoms with Crippen LogP contribution in [0, 0.1) is 0 Å². The predicted molar refractivity (Wildman–Crippen MR) is 92.1 cm³/mol. The standard InChI is InChI=1S/C18H16N2O4S/c21-17(19-13-14-7-2-1-3-8-14)11-6-12-20-18(22)15-9-4-5-10-16(15)25(20,23)24/h1-11H,12-13H2,(H,19,21)/b11-6+. The SMILES string of the molecule is O=C(/C=C/CN1C(=O)c2ccccc2S1(=O)=O)NCc1ccccc1. The van der Waals surface area contributed by atoms with E-state index in [1.165, 1.54) is 24.3 Å². The fraction of sp³-hybridized carbons (Fsp3) is 0.111. The van der Waals surface area contributed by atoms with Gasteiger partial charge in [0.25, 0.3) is 15.9 Å². The molecule has 6 nitrogen and oxygen atoms in total. The first-order valence-corrected chi connectivity index (χ1v) is 9.08. The number of hydrogen-bond acceptors (Lipinski definition) is 4. The molecule has 0 bridgehead atoms. The van der Waals surface area contributed by atoms with Crippen molar-refractivity contribution in [1.82, 2.24) is 9.62 Å². The van der Waals surface area contributed by atoms with Crippen molar-refractivity contribution in [3.05, 3.63) is 77.9 Å². The number of hydrogen-bond donors (Lipinski definition) is 1. The van der Waals surface area contributed by atoms with E-state index in [2.05, 4.69) is 5.32 Å². The highest BCUT2D eigenvalue weighted by atomic mass is 32.2. The Morgan fingerprint density at radius 1 is 1.04 bits per heavy atom. The van der Waals surface area contributed by atoms with Crippen molar-refractivity contribution in [2.24, 2.45) is 0 Å². The summed E-state index contributed by atoms with van der Waals surface area (Å²) in [4.78, 5) is 24.0. The summed E-state index contributed by atoms with van der Waals surface area (Å²) in [6, 6.07) is 15.5. The number of benzene rings is 2. The van der Waals surface area contributed by atoms with Crippen LogP contribution in [0.2, 0.25) is 0 Å². The summed E-state index contributed by atoms with van der Waals surface area (Å²) in [5.74, 6) is -0.935. The molecule has 0 spiro atoms. The molecule has 0 fully saturated rings. The number of rotatable bonds is 5. The van der Waals surface area contributed by atoms with Crippen LogP contribution in [-0.2, 0) is 21.4 Å². The molecule has 3 rings (SSSR count). The Morgan fingerprint density at radius 3 is 2.44 bits per heavy atom. The lowest BCUT2D eigenvalue weighted by Gasteiger charge is -2.12. The molecule has 0 atom stereocenters. The Balaban J connectivity index is 1.61. The third kappa shape index (κ3) is 3.46. The van der Waals surface area contributed by atoms with Gasteiger partial charge in [0.2, 0.25) is 5.91 Å². The van der Waals surface area contributed by atoms with Crippen molar-refractivity contribution in [2.45, 2.75) is 11.4 Å². The second kappa shape index (κ2) is 6.90. The predicted octanol–water partition coefficient (Wildman–Crippen LogP) is 1.70. The molecule has 1 aliphatic rings. The largest absolute Gasteiger partial charge is 0.348 e. The summed E-state index contributed by atoms with van der Waals surface area (Å²) >= 11 is 0. The van der Waals surface area contributed by atoms with Crippen LogP contribution in [0.25, 0.3) is 0 Å². The Kier molecular flexibility index (Phi) is 4.67. The average Bonchev–Trinajstić information content (AvgIpc) is 2.82. The van der Waals surface area contributed by atoms with E-state index in [1.54, 1.807) is 12.1 Å². The molecule has 1 N–H and O–H groups in total. The molecule has 0 aliphatic carbocycles. The van der Waals surface area contributed by atoms with Crippen LogP contribution in [0.1, 0.15) is 15.9 Å². The van der Waals surface area contributed by atoms with Gasteiger partial charge in [-0.05, 0) is 17.7 Å². The maximum absolute atomic E-state index is 12.4. The highest BCUT2D eigenvalue weighted by Gasteiger charge is 2.39. The molecule has 0 saturated carbocycles. The van der Waals surface area contributed by atoms with Crippen LogP contribution in [0.4, 0.5) is 0 Å². The van der Waals surface area contributed by atoms with E-state index in [0.717, 1.165) is 9.87 Å². The molecule has 0 aromatic heterocycles. The lowest BCUT2D eigenvalue weighted by atomic mass is 10.2. The number of nitrogens with zero attached hydrogens (tertiary/aromatic N) is 1. The van der Waals surface area contributed by atoms with Crippen molar-refractivity contribution in [2.75, 3.05) is 6.54 Å². The van der Waals surface area contributed by atoms with Gasteiger partial charge in [-0.15, -0.1) is 0 Å². The second-order valence-corrected chi connectivity index (χ2v) is 7.27. The van der Waals surface area contributed by atoms with Gasteiger partial charge in [0.05, 0.1) is 12.1 Å². The smallest absolute Gasteiger partial charge is 0.269 e. The van der Waals surface area contributed by atoms with Crippen LogP contribution in [-0.4, -0.2) is 31.1 Å². The molecule has 0 radical (unpaired) electrons. The fourth-order valence-electron chi connectivity index (χ4n) is 2.51. The zero-order valence-electron chi connectivity index (χ0n) is 13.3. The van der Waals surface area contributed by atoms with E-state index < -0.39 is 15.9 Å². The first-order valence-electron chi connectivity index (χ1n) is 7.64. The normalized spacial score (nSPS) is 15.4. The van der Waals surface area contributed by atoms with E-state index in [1.807, 2.05) is 30.3 Å². The van der Waals surface area contributed by atoms with Gasteiger partial charge in [-0.25, -0.2) is 12.7 Å². The first-order chi connectivity index (χ1) is 12.0. The van der Waals surface area contributed by atoms with Crippen LogP contribution >= 0.6 is 0 Å². The number of carbonyl (C=O) groups excluding carboxylic acids is 2. The van der Waals surface area contributed by atoms with Crippen LogP contribution in [0.5, 0.6) is 0 Å². The van der Waals surface area contributed by atoms with Gasteiger partial charge in [-0.1, -0.05) is 48.5 Å². The summed E-state index contributed by atoms with van der Waals surface area (Å²) in [5.41, 5.74) is 1.11. The summed E-state index contributed by atoms with van der Waals surface area (Å²) < 4.78 is 25.5. The minimum Gasteiger partial charge on any atom is -0.348 e. The molecular weight excluding hydrogens is 340 g/mol. The highest BCUT2D eigenvalue weighted by molar-refractivity contribution is 7.90. The van der Waals surface area contributed by atoms with Gasteiger partial charge in [0.15, 0.2) is 0 Å². The minimum atomic E-state index is -3.85. The third-order valence-corrected chi connectivity index (χ3v) is 5.57. The monoisotopic (exact) mass is 356 g/mol. The van der Waals surface area contributed by atoms with Crippen molar-refractivity contribution < 1.29 is 18.0 Å². The summed E-state index contributed by atoms with van der Waals surface area (Å²) in [7, 11) is -3.85. The molecule has 2 aromatic rings. The molecule has 1 heterocycles.